The lowest BCUT2D eigenvalue weighted by molar-refractivity contribution is -0.136. The number of carboxylic acid groups (broad SMARTS) is 1. The third-order valence-corrected chi connectivity index (χ3v) is 4.67. The van der Waals surface area contributed by atoms with Crippen LogP contribution in [0.4, 0.5) is 0 Å². The molecule has 3 aromatic rings. The summed E-state index contributed by atoms with van der Waals surface area (Å²) in [6, 6.07) is 22.4. The van der Waals surface area contributed by atoms with Crippen molar-refractivity contribution in [2.45, 2.75) is 32.6 Å². The monoisotopic (exact) mass is 450 g/mol. The molecule has 0 bridgehead atoms. The molecule has 6 nitrogen and oxygen atoms in total. The summed E-state index contributed by atoms with van der Waals surface area (Å²) in [7, 11) is 0. The van der Waals surface area contributed by atoms with Crippen LogP contribution in [-0.2, 0) is 11.2 Å². The van der Waals surface area contributed by atoms with Crippen molar-refractivity contribution in [1.82, 2.24) is 0 Å². The Bertz CT molecular complexity index is 1000. The van der Waals surface area contributed by atoms with Gasteiger partial charge in [0.25, 0.3) is 0 Å². The predicted octanol–water partition coefficient (Wildman–Crippen LogP) is 6.13. The van der Waals surface area contributed by atoms with Gasteiger partial charge in [0, 0.05) is 6.07 Å². The Morgan fingerprint density at radius 3 is 2.21 bits per heavy atom. The summed E-state index contributed by atoms with van der Waals surface area (Å²) in [6.07, 6.45) is 2.50. The Morgan fingerprint density at radius 1 is 0.727 bits per heavy atom. The van der Waals surface area contributed by atoms with Crippen LogP contribution in [0.15, 0.2) is 72.8 Å². The Labute approximate surface area is 194 Å². The van der Waals surface area contributed by atoms with E-state index in [2.05, 4.69) is 6.92 Å². The highest BCUT2D eigenvalue weighted by Crippen LogP contribution is 2.34. The lowest BCUT2D eigenvalue weighted by atomic mass is 10.1. The highest BCUT2D eigenvalue weighted by Gasteiger charge is 2.09. The van der Waals surface area contributed by atoms with Crippen molar-refractivity contribution < 1.29 is 28.8 Å². The minimum absolute atomic E-state index is 0.0113. The Morgan fingerprint density at radius 2 is 1.45 bits per heavy atom. The molecule has 0 spiro atoms. The molecule has 0 atom stereocenters. The minimum atomic E-state index is -0.855. The van der Waals surface area contributed by atoms with Gasteiger partial charge >= 0.3 is 5.97 Å². The summed E-state index contributed by atoms with van der Waals surface area (Å²) in [5.74, 6) is 2.63. The summed E-state index contributed by atoms with van der Waals surface area (Å²) in [6.45, 7) is 3.72. The zero-order valence-electron chi connectivity index (χ0n) is 18.9. The van der Waals surface area contributed by atoms with Crippen LogP contribution in [0.1, 0.15) is 31.7 Å². The molecule has 33 heavy (non-hydrogen) atoms. The average Bonchev–Trinajstić information content (AvgIpc) is 2.81. The number of hydrogen-bond donors (Lipinski definition) is 1. The average molecular weight is 451 g/mol. The maximum atomic E-state index is 10.8. The maximum absolute atomic E-state index is 10.8. The highest BCUT2D eigenvalue weighted by atomic mass is 16.5. The fraction of sp³-hybridized carbons (Fsp3) is 0.296. The van der Waals surface area contributed by atoms with Gasteiger partial charge < -0.3 is 24.1 Å². The number of para-hydroxylation sites is 1. The quantitative estimate of drug-likeness (QED) is 0.298. The molecular weight excluding hydrogens is 420 g/mol. The molecule has 6 heteroatoms. The summed E-state index contributed by atoms with van der Waals surface area (Å²) in [5.41, 5.74) is 0.725. The molecule has 0 fully saturated rings. The van der Waals surface area contributed by atoms with Gasteiger partial charge in [-0.1, -0.05) is 37.3 Å². The van der Waals surface area contributed by atoms with Crippen LogP contribution in [0, 0.1) is 0 Å². The number of aliphatic carboxylic acids is 1. The topological polar surface area (TPSA) is 74.2 Å². The molecule has 0 unspecified atom stereocenters. The molecule has 3 aromatic carbocycles. The first-order valence-electron chi connectivity index (χ1n) is 11.2. The summed E-state index contributed by atoms with van der Waals surface area (Å²) in [5, 5.41) is 8.90. The van der Waals surface area contributed by atoms with Gasteiger partial charge in [-0.2, -0.15) is 0 Å². The van der Waals surface area contributed by atoms with E-state index in [4.69, 9.17) is 24.1 Å². The van der Waals surface area contributed by atoms with Crippen molar-refractivity contribution in [1.29, 1.82) is 0 Å². The van der Waals surface area contributed by atoms with Crippen LogP contribution < -0.4 is 18.9 Å². The lowest BCUT2D eigenvalue weighted by Gasteiger charge is -2.14. The van der Waals surface area contributed by atoms with Gasteiger partial charge in [-0.3, -0.25) is 4.79 Å². The van der Waals surface area contributed by atoms with Crippen molar-refractivity contribution in [2.75, 3.05) is 19.8 Å². The fourth-order valence-corrected chi connectivity index (χ4v) is 3.12. The highest BCUT2D eigenvalue weighted by molar-refractivity contribution is 5.70. The molecule has 0 radical (unpaired) electrons. The number of unbranched alkanes of at least 4 members (excludes halogenated alkanes) is 1. The first kappa shape index (κ1) is 24.0. The van der Waals surface area contributed by atoms with Gasteiger partial charge in [0.05, 0.1) is 26.2 Å². The number of carbonyl (C=O) groups is 1. The van der Waals surface area contributed by atoms with Crippen molar-refractivity contribution in [2.24, 2.45) is 0 Å². The molecule has 0 saturated carbocycles. The number of benzene rings is 3. The first-order chi connectivity index (χ1) is 16.1. The van der Waals surface area contributed by atoms with Crippen molar-refractivity contribution in [3.05, 3.63) is 78.4 Å². The Balaban J connectivity index is 1.46. The third kappa shape index (κ3) is 8.41. The van der Waals surface area contributed by atoms with Gasteiger partial charge in [-0.05, 0) is 61.2 Å². The molecule has 174 valence electrons. The predicted molar refractivity (Wildman–Crippen MR) is 127 cm³/mol. The summed E-state index contributed by atoms with van der Waals surface area (Å²) in [4.78, 5) is 10.8. The van der Waals surface area contributed by atoms with Gasteiger partial charge in [0.1, 0.15) is 17.2 Å². The normalized spacial score (nSPS) is 10.5. The third-order valence-electron chi connectivity index (χ3n) is 4.67. The van der Waals surface area contributed by atoms with Crippen LogP contribution in [0.2, 0.25) is 0 Å². The smallest absolute Gasteiger partial charge is 0.307 e. The molecule has 0 saturated heterocycles. The van der Waals surface area contributed by atoms with E-state index >= 15 is 0 Å². The summed E-state index contributed by atoms with van der Waals surface area (Å²) < 4.78 is 23.5. The van der Waals surface area contributed by atoms with Gasteiger partial charge in [0.2, 0.25) is 0 Å². The van der Waals surface area contributed by atoms with Gasteiger partial charge in [0.15, 0.2) is 11.5 Å². The van der Waals surface area contributed by atoms with Crippen LogP contribution in [0.5, 0.6) is 28.7 Å². The molecule has 0 amide bonds. The van der Waals surface area contributed by atoms with Crippen LogP contribution in [-0.4, -0.2) is 30.9 Å². The zero-order valence-corrected chi connectivity index (χ0v) is 18.9. The van der Waals surface area contributed by atoms with E-state index in [9.17, 15) is 4.79 Å². The van der Waals surface area contributed by atoms with Crippen LogP contribution >= 0.6 is 0 Å². The standard InChI is InChI=1S/C27H30O6/c1-2-15-31-26-20-24(33-22-10-4-3-5-11-22)13-14-25(26)32-17-7-6-16-30-23-12-8-9-21(18-23)19-27(28)29/h3-5,8-14,18,20H,2,6-7,15-17,19H2,1H3,(H,28,29). The largest absolute Gasteiger partial charge is 0.494 e. The lowest BCUT2D eigenvalue weighted by Crippen LogP contribution is -2.05. The van der Waals surface area contributed by atoms with Crippen molar-refractivity contribution >= 4 is 5.97 Å². The molecule has 0 aliphatic heterocycles. The maximum Gasteiger partial charge on any atom is 0.307 e. The second-order valence-corrected chi connectivity index (χ2v) is 7.49. The fourth-order valence-electron chi connectivity index (χ4n) is 3.12. The number of ether oxygens (including phenoxy) is 4. The molecule has 0 aliphatic rings. The number of carboxylic acids is 1. The minimum Gasteiger partial charge on any atom is -0.494 e. The number of rotatable bonds is 14. The first-order valence-corrected chi connectivity index (χ1v) is 11.2. The van der Waals surface area contributed by atoms with E-state index in [1.165, 1.54) is 0 Å². The van der Waals surface area contributed by atoms with Crippen molar-refractivity contribution in [3.8, 4) is 28.7 Å². The van der Waals surface area contributed by atoms with E-state index in [-0.39, 0.29) is 6.42 Å². The zero-order chi connectivity index (χ0) is 23.3. The van der Waals surface area contributed by atoms with E-state index in [0.29, 0.717) is 42.8 Å². The van der Waals surface area contributed by atoms with E-state index in [1.807, 2.05) is 54.6 Å². The van der Waals surface area contributed by atoms with E-state index < -0.39 is 5.97 Å². The van der Waals surface area contributed by atoms with E-state index in [0.717, 1.165) is 30.6 Å². The summed E-state index contributed by atoms with van der Waals surface area (Å²) >= 11 is 0. The second-order valence-electron chi connectivity index (χ2n) is 7.49. The SMILES string of the molecule is CCCOc1cc(Oc2ccccc2)ccc1OCCCCOc1cccc(CC(=O)O)c1. The van der Waals surface area contributed by atoms with Gasteiger partial charge in [-0.25, -0.2) is 0 Å². The number of hydrogen-bond acceptors (Lipinski definition) is 5. The Kier molecular flexibility index (Phi) is 9.45. The molecule has 0 heterocycles. The van der Waals surface area contributed by atoms with Crippen LogP contribution in [0.3, 0.4) is 0 Å². The molecule has 0 aromatic heterocycles. The molecular formula is C27H30O6. The molecule has 1 N–H and O–H groups in total. The van der Waals surface area contributed by atoms with Crippen molar-refractivity contribution in [3.63, 3.8) is 0 Å². The molecule has 3 rings (SSSR count). The molecule has 0 aliphatic carbocycles. The Hall–Kier alpha value is -3.67. The van der Waals surface area contributed by atoms with Gasteiger partial charge in [-0.15, -0.1) is 0 Å². The van der Waals surface area contributed by atoms with Crippen LogP contribution in [0.25, 0.3) is 0 Å². The van der Waals surface area contributed by atoms with E-state index in [1.54, 1.807) is 18.2 Å². The second kappa shape index (κ2) is 13.0.